The molecular weight excluding hydrogens is 199 g/mol. The Balaban J connectivity index is 2.82. The summed E-state index contributed by atoms with van der Waals surface area (Å²) in [6.45, 7) is 0. The fourth-order valence-corrected chi connectivity index (χ4v) is 1.40. The number of benzene rings is 1. The molecule has 1 aromatic carbocycles. The number of nitrogens with zero attached hydrogens (tertiary/aromatic N) is 1. The molecule has 0 atom stereocenters. The highest BCUT2D eigenvalue weighted by atomic mass is 19.1. The van der Waals surface area contributed by atoms with Gasteiger partial charge in [-0.15, -0.1) is 0 Å². The van der Waals surface area contributed by atoms with Crippen molar-refractivity contribution in [2.24, 2.45) is 0 Å². The lowest BCUT2D eigenvalue weighted by Crippen LogP contribution is -1.95. The summed E-state index contributed by atoms with van der Waals surface area (Å²) < 4.78 is 13.1. The van der Waals surface area contributed by atoms with Gasteiger partial charge < -0.3 is 10.1 Å². The van der Waals surface area contributed by atoms with Crippen molar-refractivity contribution >= 4 is 16.9 Å². The van der Waals surface area contributed by atoms with Crippen molar-refractivity contribution in [3.63, 3.8) is 0 Å². The van der Waals surface area contributed by atoms with Crippen molar-refractivity contribution in [1.29, 1.82) is 5.26 Å². The van der Waals surface area contributed by atoms with Crippen molar-refractivity contribution in [3.8, 4) is 6.07 Å². The van der Waals surface area contributed by atoms with Gasteiger partial charge in [0.05, 0.1) is 5.52 Å². The van der Waals surface area contributed by atoms with Gasteiger partial charge in [-0.3, -0.25) is 0 Å². The summed E-state index contributed by atoms with van der Waals surface area (Å²) in [5, 5.41) is 17.9. The second-order valence-corrected chi connectivity index (χ2v) is 2.99. The molecule has 0 aliphatic heterocycles. The molecule has 2 rings (SSSR count). The number of carbonyl (C=O) groups is 1. The van der Waals surface area contributed by atoms with E-state index in [-0.39, 0.29) is 16.8 Å². The molecule has 4 nitrogen and oxygen atoms in total. The maximum atomic E-state index is 13.1. The molecule has 15 heavy (non-hydrogen) atoms. The number of H-pyrrole nitrogens is 1. The van der Waals surface area contributed by atoms with E-state index < -0.39 is 11.8 Å². The van der Waals surface area contributed by atoms with E-state index >= 15 is 0 Å². The SMILES string of the molecule is N#Cc1c(F)ccc2cc(C(=O)O)[nH]c12. The highest BCUT2D eigenvalue weighted by Crippen LogP contribution is 2.21. The summed E-state index contributed by atoms with van der Waals surface area (Å²) in [5.41, 5.74) is -0.0120. The number of hydrogen-bond acceptors (Lipinski definition) is 2. The largest absolute Gasteiger partial charge is 0.477 e. The molecule has 0 saturated carbocycles. The first-order valence-electron chi connectivity index (χ1n) is 4.08. The zero-order valence-electron chi connectivity index (χ0n) is 7.41. The number of carboxylic acids is 1. The third kappa shape index (κ3) is 1.32. The van der Waals surface area contributed by atoms with Crippen molar-refractivity contribution in [3.05, 3.63) is 35.3 Å². The lowest BCUT2D eigenvalue weighted by Gasteiger charge is -1.94. The van der Waals surface area contributed by atoms with E-state index in [9.17, 15) is 9.18 Å². The Morgan fingerprint density at radius 3 is 2.87 bits per heavy atom. The van der Waals surface area contributed by atoms with E-state index in [2.05, 4.69) is 4.98 Å². The highest BCUT2D eigenvalue weighted by Gasteiger charge is 2.12. The Kier molecular flexibility index (Phi) is 1.90. The van der Waals surface area contributed by atoms with E-state index in [1.807, 2.05) is 0 Å². The smallest absolute Gasteiger partial charge is 0.352 e. The molecule has 0 aliphatic rings. The number of carboxylic acid groups (broad SMARTS) is 1. The van der Waals surface area contributed by atoms with Gasteiger partial charge in [-0.05, 0) is 18.2 Å². The second-order valence-electron chi connectivity index (χ2n) is 2.99. The molecule has 0 radical (unpaired) electrons. The number of fused-ring (bicyclic) bond motifs is 1. The Bertz CT molecular complexity index is 595. The number of hydrogen-bond donors (Lipinski definition) is 2. The molecule has 0 saturated heterocycles. The zero-order chi connectivity index (χ0) is 11.0. The molecule has 2 aromatic rings. The number of aromatic carboxylic acids is 1. The van der Waals surface area contributed by atoms with E-state index in [0.29, 0.717) is 5.39 Å². The molecule has 1 heterocycles. The second kappa shape index (κ2) is 3.10. The Hall–Kier alpha value is -2.35. The predicted molar refractivity (Wildman–Crippen MR) is 49.9 cm³/mol. The van der Waals surface area contributed by atoms with E-state index in [4.69, 9.17) is 10.4 Å². The maximum absolute atomic E-state index is 13.1. The van der Waals surface area contributed by atoms with Gasteiger partial charge in [0.25, 0.3) is 0 Å². The molecule has 0 fully saturated rings. The molecular formula is C10H5FN2O2. The molecule has 0 aliphatic carbocycles. The van der Waals surface area contributed by atoms with Gasteiger partial charge in [0.1, 0.15) is 23.1 Å². The minimum absolute atomic E-state index is 0.0629. The Labute approximate surface area is 83.6 Å². The van der Waals surface area contributed by atoms with Crippen LogP contribution < -0.4 is 0 Å². The van der Waals surface area contributed by atoms with E-state index in [0.717, 1.165) is 6.07 Å². The summed E-state index contributed by atoms with van der Waals surface area (Å²) in [5.74, 6) is -1.81. The van der Waals surface area contributed by atoms with Crippen LogP contribution in [0.5, 0.6) is 0 Å². The van der Waals surface area contributed by atoms with Gasteiger partial charge in [-0.1, -0.05) is 0 Å². The van der Waals surface area contributed by atoms with Crippen molar-refractivity contribution in [1.82, 2.24) is 4.98 Å². The van der Waals surface area contributed by atoms with Crippen LogP contribution in [0.4, 0.5) is 4.39 Å². The van der Waals surface area contributed by atoms with Gasteiger partial charge in [-0.2, -0.15) is 5.26 Å². The first-order chi connectivity index (χ1) is 7.13. The van der Waals surface area contributed by atoms with Gasteiger partial charge in [0.15, 0.2) is 0 Å². The van der Waals surface area contributed by atoms with Crippen molar-refractivity contribution in [2.75, 3.05) is 0 Å². The van der Waals surface area contributed by atoms with Crippen LogP contribution in [-0.2, 0) is 0 Å². The van der Waals surface area contributed by atoms with Crippen LogP contribution >= 0.6 is 0 Å². The van der Waals surface area contributed by atoms with Crippen LogP contribution in [0.15, 0.2) is 18.2 Å². The number of rotatable bonds is 1. The molecule has 0 bridgehead atoms. The van der Waals surface area contributed by atoms with Gasteiger partial charge in [-0.25, -0.2) is 9.18 Å². The zero-order valence-corrected chi connectivity index (χ0v) is 7.41. The average molecular weight is 204 g/mol. The summed E-state index contributed by atoms with van der Waals surface area (Å²) >= 11 is 0. The van der Waals surface area contributed by atoms with E-state index in [1.165, 1.54) is 12.1 Å². The quantitative estimate of drug-likeness (QED) is 0.744. The fraction of sp³-hybridized carbons (Fsp3) is 0. The number of aromatic nitrogens is 1. The molecule has 74 valence electrons. The minimum Gasteiger partial charge on any atom is -0.477 e. The Morgan fingerprint density at radius 1 is 1.53 bits per heavy atom. The molecule has 5 heteroatoms. The molecule has 1 aromatic heterocycles. The first-order valence-corrected chi connectivity index (χ1v) is 4.08. The summed E-state index contributed by atoms with van der Waals surface area (Å²) in [7, 11) is 0. The maximum Gasteiger partial charge on any atom is 0.352 e. The lowest BCUT2D eigenvalue weighted by molar-refractivity contribution is 0.0691. The van der Waals surface area contributed by atoms with Crippen LogP contribution in [0.3, 0.4) is 0 Å². The topological polar surface area (TPSA) is 76.9 Å². The van der Waals surface area contributed by atoms with Crippen molar-refractivity contribution in [2.45, 2.75) is 0 Å². The third-order valence-corrected chi connectivity index (χ3v) is 2.09. The average Bonchev–Trinajstić information content (AvgIpc) is 2.61. The number of nitrogens with one attached hydrogen (secondary N) is 1. The van der Waals surface area contributed by atoms with E-state index in [1.54, 1.807) is 6.07 Å². The fourth-order valence-electron chi connectivity index (χ4n) is 1.40. The third-order valence-electron chi connectivity index (χ3n) is 2.09. The van der Waals surface area contributed by atoms with Crippen LogP contribution in [0.25, 0.3) is 10.9 Å². The number of nitriles is 1. The van der Waals surface area contributed by atoms with Crippen LogP contribution in [0, 0.1) is 17.1 Å². The van der Waals surface area contributed by atoms with Crippen LogP contribution in [-0.4, -0.2) is 16.1 Å². The van der Waals surface area contributed by atoms with Gasteiger partial charge >= 0.3 is 5.97 Å². The Morgan fingerprint density at radius 2 is 2.27 bits per heavy atom. The lowest BCUT2D eigenvalue weighted by atomic mass is 10.1. The summed E-state index contributed by atoms with van der Waals surface area (Å²) in [6, 6.07) is 5.61. The van der Waals surface area contributed by atoms with Crippen LogP contribution in [0.1, 0.15) is 16.1 Å². The van der Waals surface area contributed by atoms with Crippen LogP contribution in [0.2, 0.25) is 0 Å². The first kappa shape index (κ1) is 9.21. The standard InChI is InChI=1S/C10H5FN2O2/c11-7-2-1-5-3-8(10(14)15)13-9(5)6(7)4-12/h1-3,13H,(H,14,15). The van der Waals surface area contributed by atoms with Gasteiger partial charge in [0, 0.05) is 5.39 Å². The molecule has 0 amide bonds. The summed E-state index contributed by atoms with van der Waals surface area (Å²) in [4.78, 5) is 13.1. The van der Waals surface area contributed by atoms with Crippen molar-refractivity contribution < 1.29 is 14.3 Å². The minimum atomic E-state index is -1.14. The molecule has 0 unspecified atom stereocenters. The number of halogens is 1. The predicted octanol–water partition coefficient (Wildman–Crippen LogP) is 1.88. The van der Waals surface area contributed by atoms with Gasteiger partial charge in [0.2, 0.25) is 0 Å². The summed E-state index contributed by atoms with van der Waals surface area (Å²) in [6.07, 6.45) is 0. The molecule has 0 spiro atoms. The monoisotopic (exact) mass is 204 g/mol. The number of aromatic amines is 1. The highest BCUT2D eigenvalue weighted by molar-refractivity contribution is 5.95. The normalized spacial score (nSPS) is 10.1. The molecule has 2 N–H and O–H groups in total.